The largest absolute Gasteiger partial charge is 0.506 e. The maximum atomic E-state index is 13.3. The number of anilines is 1. The number of sulfonamides is 1. The zero-order chi connectivity index (χ0) is 22.9. The number of aromatic nitrogens is 1. The van der Waals surface area contributed by atoms with Gasteiger partial charge in [-0.3, -0.25) is 14.5 Å². The van der Waals surface area contributed by atoms with E-state index in [1.54, 1.807) is 29.6 Å². The van der Waals surface area contributed by atoms with Gasteiger partial charge in [-0.15, -0.1) is 23.1 Å². The van der Waals surface area contributed by atoms with Crippen molar-refractivity contribution >= 4 is 65.8 Å². The molecule has 0 radical (unpaired) electrons. The van der Waals surface area contributed by atoms with Gasteiger partial charge in [0.1, 0.15) is 16.4 Å². The SMILES string of the molecule is CCOc1ccc2scc(S(=O)(=O)Nc3cc(SCC(=O)O)c(O)c4cccnc34)c2c1. The molecule has 0 aliphatic heterocycles. The number of thiophene rings is 1. The number of phenolic OH excluding ortho intramolecular Hbond substituents is 1. The first-order chi connectivity index (χ1) is 15.3. The molecule has 4 aromatic rings. The van der Waals surface area contributed by atoms with Gasteiger partial charge in [0.15, 0.2) is 0 Å². The van der Waals surface area contributed by atoms with Crippen molar-refractivity contribution in [3.63, 3.8) is 0 Å². The number of rotatable bonds is 8. The van der Waals surface area contributed by atoms with Crippen molar-refractivity contribution in [2.24, 2.45) is 0 Å². The number of thioether (sulfide) groups is 1. The van der Waals surface area contributed by atoms with Crippen molar-refractivity contribution in [3.05, 3.63) is 48.0 Å². The molecule has 0 saturated heterocycles. The minimum atomic E-state index is -4.02. The van der Waals surface area contributed by atoms with Gasteiger partial charge in [-0.05, 0) is 43.3 Å². The minimum absolute atomic E-state index is 0.0935. The van der Waals surface area contributed by atoms with Crippen molar-refractivity contribution in [2.75, 3.05) is 17.1 Å². The van der Waals surface area contributed by atoms with Gasteiger partial charge >= 0.3 is 5.97 Å². The Labute approximate surface area is 191 Å². The number of carbonyl (C=O) groups is 1. The number of fused-ring (bicyclic) bond motifs is 2. The molecular formula is C21H18N2O6S3. The summed E-state index contributed by atoms with van der Waals surface area (Å²) in [4.78, 5) is 15.5. The molecule has 0 unspecified atom stereocenters. The minimum Gasteiger partial charge on any atom is -0.506 e. The van der Waals surface area contributed by atoms with Crippen LogP contribution in [-0.2, 0) is 14.8 Å². The van der Waals surface area contributed by atoms with Crippen LogP contribution in [-0.4, -0.2) is 41.9 Å². The Balaban J connectivity index is 1.80. The van der Waals surface area contributed by atoms with E-state index < -0.39 is 16.0 Å². The van der Waals surface area contributed by atoms with Crippen LogP contribution in [0.4, 0.5) is 5.69 Å². The van der Waals surface area contributed by atoms with E-state index in [9.17, 15) is 18.3 Å². The zero-order valence-corrected chi connectivity index (χ0v) is 19.2. The number of hydrogen-bond acceptors (Lipinski definition) is 8. The summed E-state index contributed by atoms with van der Waals surface area (Å²) in [6.07, 6.45) is 1.48. The van der Waals surface area contributed by atoms with E-state index in [0.717, 1.165) is 16.5 Å². The van der Waals surface area contributed by atoms with E-state index in [2.05, 4.69) is 9.71 Å². The number of nitrogens with zero attached hydrogens (tertiary/aromatic N) is 1. The third-order valence-corrected chi connectivity index (χ3v) is 8.06. The summed E-state index contributed by atoms with van der Waals surface area (Å²) in [5, 5.41) is 21.9. The summed E-state index contributed by atoms with van der Waals surface area (Å²) in [5.74, 6) is -0.929. The number of benzene rings is 2. The Morgan fingerprint density at radius 1 is 1.25 bits per heavy atom. The lowest BCUT2D eigenvalue weighted by atomic mass is 10.2. The number of aromatic hydroxyl groups is 1. The van der Waals surface area contributed by atoms with Gasteiger partial charge in [-0.25, -0.2) is 8.42 Å². The van der Waals surface area contributed by atoms with E-state index in [1.807, 2.05) is 13.0 Å². The quantitative estimate of drug-likeness (QED) is 0.243. The molecule has 0 fully saturated rings. The number of ether oxygens (including phenoxy) is 1. The van der Waals surface area contributed by atoms with Crippen molar-refractivity contribution in [1.82, 2.24) is 4.98 Å². The van der Waals surface area contributed by atoms with Gasteiger partial charge in [0, 0.05) is 27.0 Å². The maximum absolute atomic E-state index is 13.3. The second kappa shape index (κ2) is 8.85. The van der Waals surface area contributed by atoms with Crippen LogP contribution in [0.25, 0.3) is 21.0 Å². The van der Waals surface area contributed by atoms with Gasteiger partial charge in [0.25, 0.3) is 10.0 Å². The molecule has 8 nitrogen and oxygen atoms in total. The van der Waals surface area contributed by atoms with Crippen LogP contribution < -0.4 is 9.46 Å². The van der Waals surface area contributed by atoms with Gasteiger partial charge < -0.3 is 14.9 Å². The topological polar surface area (TPSA) is 126 Å². The Bertz CT molecular complexity index is 1430. The molecule has 3 N–H and O–H groups in total. The standard InChI is InChI=1S/C21H18N2O6S3/c1-2-29-12-5-6-16-14(8-12)18(10-30-16)32(27,28)23-15-9-17(31-11-19(24)25)21(26)13-4-3-7-22-20(13)15/h3-10,23,26H,2,11H2,1H3,(H,24,25). The molecule has 0 aliphatic carbocycles. The third kappa shape index (κ3) is 4.31. The molecular weight excluding hydrogens is 472 g/mol. The van der Waals surface area contributed by atoms with Crippen molar-refractivity contribution in [2.45, 2.75) is 16.7 Å². The maximum Gasteiger partial charge on any atom is 0.313 e. The predicted molar refractivity (Wildman–Crippen MR) is 126 cm³/mol. The second-order valence-electron chi connectivity index (χ2n) is 6.65. The van der Waals surface area contributed by atoms with Gasteiger partial charge in [0.2, 0.25) is 0 Å². The molecule has 0 spiro atoms. The summed E-state index contributed by atoms with van der Waals surface area (Å²) in [6.45, 7) is 2.30. The van der Waals surface area contributed by atoms with Gasteiger partial charge in [-0.2, -0.15) is 0 Å². The smallest absolute Gasteiger partial charge is 0.313 e. The number of pyridine rings is 1. The predicted octanol–water partition coefficient (Wildman–Crippen LogP) is 4.53. The first kappa shape index (κ1) is 22.2. The summed E-state index contributed by atoms with van der Waals surface area (Å²) in [7, 11) is -4.02. The van der Waals surface area contributed by atoms with Crippen LogP contribution in [0.5, 0.6) is 11.5 Å². The summed E-state index contributed by atoms with van der Waals surface area (Å²) in [6, 6.07) is 9.88. The van der Waals surface area contributed by atoms with E-state index in [-0.39, 0.29) is 32.5 Å². The fraction of sp³-hybridized carbons (Fsp3) is 0.143. The van der Waals surface area contributed by atoms with Crippen LogP contribution in [0, 0.1) is 0 Å². The number of hydrogen-bond donors (Lipinski definition) is 3. The summed E-state index contributed by atoms with van der Waals surface area (Å²) >= 11 is 2.19. The first-order valence-electron chi connectivity index (χ1n) is 9.42. The molecule has 32 heavy (non-hydrogen) atoms. The van der Waals surface area contributed by atoms with Crippen molar-refractivity contribution < 1.29 is 28.2 Å². The van der Waals surface area contributed by atoms with Crippen LogP contribution >= 0.6 is 23.1 Å². The van der Waals surface area contributed by atoms with E-state index in [1.165, 1.54) is 23.6 Å². The Morgan fingerprint density at radius 3 is 2.81 bits per heavy atom. The van der Waals surface area contributed by atoms with Crippen LogP contribution in [0.2, 0.25) is 0 Å². The molecule has 11 heteroatoms. The molecule has 0 amide bonds. The lowest BCUT2D eigenvalue weighted by molar-refractivity contribution is -0.133. The normalized spacial score (nSPS) is 11.7. The highest BCUT2D eigenvalue weighted by molar-refractivity contribution is 8.00. The number of carboxylic acids is 1. The van der Waals surface area contributed by atoms with Crippen molar-refractivity contribution in [1.29, 1.82) is 0 Å². The molecule has 0 atom stereocenters. The Hall–Kier alpha value is -3.02. The summed E-state index contributed by atoms with van der Waals surface area (Å²) in [5.41, 5.74) is 0.398. The highest BCUT2D eigenvalue weighted by Gasteiger charge is 2.23. The highest BCUT2D eigenvalue weighted by atomic mass is 32.2. The van der Waals surface area contributed by atoms with Crippen LogP contribution in [0.3, 0.4) is 0 Å². The Morgan fingerprint density at radius 2 is 2.06 bits per heavy atom. The fourth-order valence-corrected chi connectivity index (χ4v) is 6.45. The van der Waals surface area contributed by atoms with E-state index in [0.29, 0.717) is 23.1 Å². The monoisotopic (exact) mass is 490 g/mol. The molecule has 0 saturated carbocycles. The molecule has 0 bridgehead atoms. The molecule has 2 aromatic heterocycles. The first-order valence-corrected chi connectivity index (χ1v) is 12.8. The summed E-state index contributed by atoms with van der Waals surface area (Å²) < 4.78 is 35.5. The van der Waals surface area contributed by atoms with Gasteiger partial charge in [-0.1, -0.05) is 0 Å². The average Bonchev–Trinajstić information content (AvgIpc) is 3.19. The molecule has 2 aromatic carbocycles. The lowest BCUT2D eigenvalue weighted by Crippen LogP contribution is -2.13. The van der Waals surface area contributed by atoms with Crippen LogP contribution in [0.15, 0.2) is 57.8 Å². The van der Waals surface area contributed by atoms with Gasteiger partial charge in [0.05, 0.1) is 28.5 Å². The number of nitrogens with one attached hydrogen (secondary N) is 1. The second-order valence-corrected chi connectivity index (χ2v) is 10.2. The number of aliphatic carboxylic acids is 1. The molecule has 166 valence electrons. The lowest BCUT2D eigenvalue weighted by Gasteiger charge is -2.14. The third-order valence-electron chi connectivity index (χ3n) is 4.53. The Kier molecular flexibility index (Phi) is 6.13. The number of phenols is 1. The average molecular weight is 491 g/mol. The molecule has 4 rings (SSSR count). The van der Waals surface area contributed by atoms with E-state index >= 15 is 0 Å². The van der Waals surface area contributed by atoms with Crippen LogP contribution in [0.1, 0.15) is 6.92 Å². The number of carboxylic acid groups (broad SMARTS) is 1. The fourth-order valence-electron chi connectivity index (χ4n) is 3.19. The molecule has 2 heterocycles. The van der Waals surface area contributed by atoms with E-state index in [4.69, 9.17) is 9.84 Å². The van der Waals surface area contributed by atoms with Crippen molar-refractivity contribution in [3.8, 4) is 11.5 Å². The highest BCUT2D eigenvalue weighted by Crippen LogP contribution is 2.40. The zero-order valence-electron chi connectivity index (χ0n) is 16.7. The molecule has 0 aliphatic rings.